The molecule has 106 valence electrons. The van der Waals surface area contributed by atoms with Crippen LogP contribution >= 0.6 is 15.9 Å². The van der Waals surface area contributed by atoms with Crippen molar-refractivity contribution in [3.05, 3.63) is 56.8 Å². The van der Waals surface area contributed by atoms with Gasteiger partial charge in [-0.3, -0.25) is 4.79 Å². The second-order valence-electron chi connectivity index (χ2n) is 4.38. The molecule has 0 amide bonds. The lowest BCUT2D eigenvalue weighted by Gasteiger charge is -2.15. The monoisotopic (exact) mass is 341 g/mol. The van der Waals surface area contributed by atoms with Crippen LogP contribution in [-0.2, 0) is 13.0 Å². The average Bonchev–Trinajstić information content (AvgIpc) is 2.44. The molecule has 0 aliphatic rings. The van der Waals surface area contributed by atoms with Crippen molar-refractivity contribution in [2.75, 3.05) is 0 Å². The number of aromatic nitrogens is 1. The summed E-state index contributed by atoms with van der Waals surface area (Å²) in [6, 6.07) is 10.8. The Bertz CT molecular complexity index is 667. The molecule has 0 spiro atoms. The number of hydrogen-bond acceptors (Lipinski definition) is 1. The fraction of sp³-hybridized carbons (Fsp3) is 0.267. The van der Waals surface area contributed by atoms with E-state index in [1.54, 1.807) is 12.1 Å². The molecule has 0 fully saturated rings. The molecule has 0 bridgehead atoms. The smallest absolute Gasteiger partial charge is 0.265 e. The molecule has 1 aromatic heterocycles. The lowest BCUT2D eigenvalue weighted by Crippen LogP contribution is -2.25. The third-order valence-electron chi connectivity index (χ3n) is 3.12. The molecule has 0 unspecified atom stereocenters. The molecule has 2 nitrogen and oxygen atoms in total. The summed E-state index contributed by atoms with van der Waals surface area (Å²) in [4.78, 5) is 12.1. The fourth-order valence-electron chi connectivity index (χ4n) is 2.18. The van der Waals surface area contributed by atoms with Crippen molar-refractivity contribution in [3.63, 3.8) is 0 Å². The minimum absolute atomic E-state index is 0.288. The summed E-state index contributed by atoms with van der Waals surface area (Å²) in [7, 11) is 0. The number of benzene rings is 1. The van der Waals surface area contributed by atoms with E-state index >= 15 is 0 Å². The van der Waals surface area contributed by atoms with Crippen LogP contribution in [0.25, 0.3) is 11.3 Å². The van der Waals surface area contributed by atoms with Crippen LogP contribution in [0, 0.1) is 0 Å². The molecule has 0 aliphatic heterocycles. The van der Waals surface area contributed by atoms with Crippen LogP contribution in [0.5, 0.6) is 0 Å². The molecule has 0 N–H and O–H groups in total. The maximum Gasteiger partial charge on any atom is 0.265 e. The quantitative estimate of drug-likeness (QED) is 0.820. The van der Waals surface area contributed by atoms with Crippen LogP contribution in [0.1, 0.15) is 12.5 Å². The number of rotatable bonds is 4. The molecule has 1 heterocycles. The highest BCUT2D eigenvalue weighted by Gasteiger charge is 2.15. The second-order valence-corrected chi connectivity index (χ2v) is 5.24. The molecule has 1 aromatic carbocycles. The van der Waals surface area contributed by atoms with Crippen molar-refractivity contribution in [2.45, 2.75) is 26.3 Å². The van der Waals surface area contributed by atoms with Crippen molar-refractivity contribution < 1.29 is 8.78 Å². The lowest BCUT2D eigenvalue weighted by atomic mass is 10.0. The molecular formula is C15H14BrF2NO. The van der Waals surface area contributed by atoms with Crippen LogP contribution in [0.4, 0.5) is 8.78 Å². The summed E-state index contributed by atoms with van der Waals surface area (Å²) < 4.78 is 26.9. The Balaban J connectivity index is 2.67. The van der Waals surface area contributed by atoms with E-state index in [-0.39, 0.29) is 4.47 Å². The highest BCUT2D eigenvalue weighted by molar-refractivity contribution is 9.10. The maximum absolute atomic E-state index is 12.7. The van der Waals surface area contributed by atoms with Crippen molar-refractivity contribution in [3.8, 4) is 11.3 Å². The highest BCUT2D eigenvalue weighted by atomic mass is 79.9. The van der Waals surface area contributed by atoms with Gasteiger partial charge in [0, 0.05) is 5.56 Å². The molecule has 0 aliphatic carbocycles. The number of nitrogens with zero attached hydrogens (tertiary/aromatic N) is 1. The minimum atomic E-state index is -2.57. The Labute approximate surface area is 124 Å². The third-order valence-corrected chi connectivity index (χ3v) is 3.73. The summed E-state index contributed by atoms with van der Waals surface area (Å²) in [5.74, 6) is 0. The topological polar surface area (TPSA) is 22.0 Å². The Kier molecular flexibility index (Phi) is 4.70. The van der Waals surface area contributed by atoms with Gasteiger partial charge in [0.15, 0.2) is 0 Å². The van der Waals surface area contributed by atoms with Gasteiger partial charge in [0.2, 0.25) is 0 Å². The van der Waals surface area contributed by atoms with Gasteiger partial charge in [-0.05, 0) is 40.0 Å². The van der Waals surface area contributed by atoms with E-state index in [9.17, 15) is 13.6 Å². The maximum atomic E-state index is 12.7. The first kappa shape index (κ1) is 14.9. The number of hydrogen-bond donors (Lipinski definition) is 0. The number of aryl methyl sites for hydroxylation is 1. The predicted molar refractivity (Wildman–Crippen MR) is 79.2 cm³/mol. The van der Waals surface area contributed by atoms with Crippen LogP contribution in [0.15, 0.2) is 45.7 Å². The van der Waals surface area contributed by atoms with E-state index in [0.717, 1.165) is 22.1 Å². The van der Waals surface area contributed by atoms with Crippen LogP contribution in [0.3, 0.4) is 0 Å². The number of halogens is 3. The van der Waals surface area contributed by atoms with Crippen LogP contribution < -0.4 is 5.56 Å². The van der Waals surface area contributed by atoms with Gasteiger partial charge in [-0.25, -0.2) is 8.78 Å². The zero-order chi connectivity index (χ0) is 14.7. The Morgan fingerprint density at radius 1 is 1.20 bits per heavy atom. The number of alkyl halides is 2. The standard InChI is InChI=1S/C15H14BrF2NO/c1-2-10-5-3-4-6-11(10)13-8-7-12(16)15(20)19(13)9-14(17)18/h3-8,14H,2,9H2,1H3. The van der Waals surface area contributed by atoms with Gasteiger partial charge in [-0.15, -0.1) is 0 Å². The largest absolute Gasteiger partial charge is 0.302 e. The van der Waals surface area contributed by atoms with Crippen molar-refractivity contribution in [2.24, 2.45) is 0 Å². The van der Waals surface area contributed by atoms with E-state index in [2.05, 4.69) is 15.9 Å². The molecule has 0 radical (unpaired) electrons. The van der Waals surface area contributed by atoms with Crippen molar-refractivity contribution in [1.82, 2.24) is 4.57 Å². The van der Waals surface area contributed by atoms with E-state index in [1.807, 2.05) is 31.2 Å². The zero-order valence-electron chi connectivity index (χ0n) is 10.9. The lowest BCUT2D eigenvalue weighted by molar-refractivity contribution is 0.126. The van der Waals surface area contributed by atoms with E-state index in [1.165, 1.54) is 0 Å². The normalized spacial score (nSPS) is 11.1. The van der Waals surface area contributed by atoms with Gasteiger partial charge in [-0.2, -0.15) is 0 Å². The van der Waals surface area contributed by atoms with E-state index in [4.69, 9.17) is 0 Å². The molecular weight excluding hydrogens is 328 g/mol. The summed E-state index contributed by atoms with van der Waals surface area (Å²) >= 11 is 3.10. The van der Waals surface area contributed by atoms with Crippen LogP contribution in [0.2, 0.25) is 0 Å². The van der Waals surface area contributed by atoms with Gasteiger partial charge in [-0.1, -0.05) is 31.2 Å². The van der Waals surface area contributed by atoms with E-state index in [0.29, 0.717) is 5.69 Å². The van der Waals surface area contributed by atoms with Gasteiger partial charge in [0.05, 0.1) is 16.7 Å². The zero-order valence-corrected chi connectivity index (χ0v) is 12.5. The van der Waals surface area contributed by atoms with Gasteiger partial charge < -0.3 is 4.57 Å². The van der Waals surface area contributed by atoms with Gasteiger partial charge in [0.1, 0.15) is 0 Å². The van der Waals surface area contributed by atoms with E-state index < -0.39 is 18.5 Å². The number of pyridine rings is 1. The van der Waals surface area contributed by atoms with Crippen LogP contribution in [-0.4, -0.2) is 11.0 Å². The SMILES string of the molecule is CCc1ccccc1-c1ccc(Br)c(=O)n1CC(F)F. The van der Waals surface area contributed by atoms with Crippen molar-refractivity contribution >= 4 is 15.9 Å². The molecule has 5 heteroatoms. The third kappa shape index (κ3) is 2.98. The fourth-order valence-corrected chi connectivity index (χ4v) is 2.53. The summed E-state index contributed by atoms with van der Waals surface area (Å²) in [6.45, 7) is 1.39. The summed E-state index contributed by atoms with van der Waals surface area (Å²) in [5, 5.41) is 0. The first-order valence-electron chi connectivity index (χ1n) is 6.30. The Morgan fingerprint density at radius 3 is 2.55 bits per heavy atom. The predicted octanol–water partition coefficient (Wildman–Crippen LogP) is 4.11. The summed E-state index contributed by atoms with van der Waals surface area (Å²) in [5.41, 5.74) is 1.93. The molecule has 2 rings (SSSR count). The molecule has 2 aromatic rings. The minimum Gasteiger partial charge on any atom is -0.302 e. The molecule has 0 saturated heterocycles. The molecule has 20 heavy (non-hydrogen) atoms. The van der Waals surface area contributed by atoms with Gasteiger partial charge in [0.25, 0.3) is 12.0 Å². The first-order chi connectivity index (χ1) is 9.54. The van der Waals surface area contributed by atoms with Gasteiger partial charge >= 0.3 is 0 Å². The highest BCUT2D eigenvalue weighted by Crippen LogP contribution is 2.24. The first-order valence-corrected chi connectivity index (χ1v) is 7.09. The summed E-state index contributed by atoms with van der Waals surface area (Å²) in [6.07, 6.45) is -1.80. The average molecular weight is 342 g/mol. The Morgan fingerprint density at radius 2 is 1.90 bits per heavy atom. The molecule has 0 saturated carbocycles. The Hall–Kier alpha value is -1.49. The molecule has 0 atom stereocenters. The van der Waals surface area contributed by atoms with Crippen molar-refractivity contribution in [1.29, 1.82) is 0 Å². The second kappa shape index (κ2) is 6.31.